The highest BCUT2D eigenvalue weighted by Gasteiger charge is 2.11. The van der Waals surface area contributed by atoms with Gasteiger partial charge in [0.1, 0.15) is 0 Å². The van der Waals surface area contributed by atoms with Crippen LogP contribution in [0.15, 0.2) is 12.2 Å². The molecule has 3 heteroatoms. The zero-order valence-electron chi connectivity index (χ0n) is 8.63. The van der Waals surface area contributed by atoms with Gasteiger partial charge in [-0.25, -0.2) is 4.79 Å². The van der Waals surface area contributed by atoms with Crippen molar-refractivity contribution < 1.29 is 14.3 Å². The van der Waals surface area contributed by atoms with E-state index in [1.807, 2.05) is 13.8 Å². The fraction of sp³-hybridized carbons (Fsp3) is 0.700. The van der Waals surface area contributed by atoms with E-state index in [4.69, 9.17) is 9.47 Å². The summed E-state index contributed by atoms with van der Waals surface area (Å²) in [5.74, 6) is -0.325. The van der Waals surface area contributed by atoms with Gasteiger partial charge in [0.25, 0.3) is 0 Å². The lowest BCUT2D eigenvalue weighted by Crippen LogP contribution is -2.14. The van der Waals surface area contributed by atoms with Crippen molar-refractivity contribution in [1.29, 1.82) is 0 Å². The molecule has 0 saturated carbocycles. The van der Waals surface area contributed by atoms with E-state index in [2.05, 4.69) is 6.58 Å². The van der Waals surface area contributed by atoms with Crippen molar-refractivity contribution in [1.82, 2.24) is 0 Å². The summed E-state index contributed by atoms with van der Waals surface area (Å²) in [5.41, 5.74) is 0.475. The van der Waals surface area contributed by atoms with Gasteiger partial charge >= 0.3 is 5.97 Å². The Balaban J connectivity index is 3.78. The second-order valence-electron chi connectivity index (χ2n) is 2.79. The monoisotopic (exact) mass is 186 g/mol. The lowest BCUT2D eigenvalue weighted by molar-refractivity contribution is -0.139. The highest BCUT2D eigenvalue weighted by molar-refractivity contribution is 5.87. The van der Waals surface area contributed by atoms with Crippen LogP contribution in [-0.2, 0) is 14.3 Å². The van der Waals surface area contributed by atoms with E-state index in [0.29, 0.717) is 25.2 Å². The molecule has 1 atom stereocenters. The first kappa shape index (κ1) is 12.2. The molecule has 0 aliphatic carbocycles. The quantitative estimate of drug-likeness (QED) is 0.469. The van der Waals surface area contributed by atoms with Crippen LogP contribution >= 0.6 is 0 Å². The molecule has 0 saturated heterocycles. The normalized spacial score (nSPS) is 12.2. The van der Waals surface area contributed by atoms with Crippen LogP contribution in [0, 0.1) is 0 Å². The van der Waals surface area contributed by atoms with E-state index >= 15 is 0 Å². The Morgan fingerprint density at radius 2 is 2.00 bits per heavy atom. The molecular formula is C10H18O3. The minimum Gasteiger partial charge on any atom is -0.463 e. The minimum absolute atomic E-state index is 0.0295. The minimum atomic E-state index is -0.325. The molecule has 0 aliphatic rings. The van der Waals surface area contributed by atoms with Crippen LogP contribution in [0.1, 0.15) is 27.2 Å². The Labute approximate surface area is 79.7 Å². The first-order chi connectivity index (χ1) is 6.11. The maximum Gasteiger partial charge on any atom is 0.333 e. The molecule has 3 nitrogen and oxygen atoms in total. The number of hydrogen-bond acceptors (Lipinski definition) is 3. The molecule has 0 rings (SSSR count). The van der Waals surface area contributed by atoms with Crippen molar-refractivity contribution in [2.24, 2.45) is 0 Å². The summed E-state index contributed by atoms with van der Waals surface area (Å²) in [6.07, 6.45) is 0.564. The third-order valence-electron chi connectivity index (χ3n) is 1.55. The number of esters is 1. The molecule has 0 aliphatic heterocycles. The Morgan fingerprint density at radius 1 is 1.38 bits per heavy atom. The highest BCUT2D eigenvalue weighted by atomic mass is 16.5. The van der Waals surface area contributed by atoms with Crippen molar-refractivity contribution in [3.8, 4) is 0 Å². The number of rotatable bonds is 6. The molecule has 76 valence electrons. The lowest BCUT2D eigenvalue weighted by Gasteiger charge is -2.12. The van der Waals surface area contributed by atoms with Gasteiger partial charge in [0.2, 0.25) is 0 Å². The van der Waals surface area contributed by atoms with Crippen LogP contribution < -0.4 is 0 Å². The highest BCUT2D eigenvalue weighted by Crippen LogP contribution is 2.07. The van der Waals surface area contributed by atoms with Crippen molar-refractivity contribution in [3.63, 3.8) is 0 Å². The first-order valence-electron chi connectivity index (χ1n) is 4.58. The topological polar surface area (TPSA) is 35.5 Å². The van der Waals surface area contributed by atoms with E-state index in [9.17, 15) is 4.79 Å². The van der Waals surface area contributed by atoms with E-state index in [1.54, 1.807) is 6.92 Å². The van der Waals surface area contributed by atoms with E-state index in [-0.39, 0.29) is 12.1 Å². The predicted octanol–water partition coefficient (Wildman–Crippen LogP) is 1.92. The van der Waals surface area contributed by atoms with Gasteiger partial charge < -0.3 is 9.47 Å². The maximum absolute atomic E-state index is 11.1. The standard InChI is InChI=1S/C10H18O3/c1-5-12-9(4)7-8(3)10(11)13-6-2/h9H,3,5-7H2,1-2,4H3. The van der Waals surface area contributed by atoms with Gasteiger partial charge in [-0.1, -0.05) is 6.58 Å². The largest absolute Gasteiger partial charge is 0.463 e. The van der Waals surface area contributed by atoms with Gasteiger partial charge in [0.05, 0.1) is 12.7 Å². The number of hydrogen-bond donors (Lipinski definition) is 0. The van der Waals surface area contributed by atoms with Crippen molar-refractivity contribution in [3.05, 3.63) is 12.2 Å². The molecule has 0 aromatic carbocycles. The maximum atomic E-state index is 11.1. The summed E-state index contributed by atoms with van der Waals surface area (Å²) >= 11 is 0. The smallest absolute Gasteiger partial charge is 0.333 e. The van der Waals surface area contributed by atoms with Crippen LogP contribution in [0.3, 0.4) is 0 Å². The summed E-state index contributed by atoms with van der Waals surface area (Å²) in [5, 5.41) is 0. The van der Waals surface area contributed by atoms with Gasteiger partial charge in [0.15, 0.2) is 0 Å². The SMILES string of the molecule is C=C(CC(C)OCC)C(=O)OCC. The van der Waals surface area contributed by atoms with Gasteiger partial charge in [-0.3, -0.25) is 0 Å². The molecule has 0 aromatic rings. The second kappa shape index (κ2) is 6.66. The van der Waals surface area contributed by atoms with Gasteiger partial charge in [-0.15, -0.1) is 0 Å². The molecule has 0 N–H and O–H groups in total. The zero-order valence-corrected chi connectivity index (χ0v) is 8.63. The van der Waals surface area contributed by atoms with Gasteiger partial charge in [0, 0.05) is 18.6 Å². The average molecular weight is 186 g/mol. The first-order valence-corrected chi connectivity index (χ1v) is 4.58. The fourth-order valence-electron chi connectivity index (χ4n) is 1.01. The molecule has 0 heterocycles. The molecular weight excluding hydrogens is 168 g/mol. The van der Waals surface area contributed by atoms with Crippen LogP contribution in [0.2, 0.25) is 0 Å². The average Bonchev–Trinajstić information content (AvgIpc) is 2.05. The van der Waals surface area contributed by atoms with Crippen LogP contribution in [0.4, 0.5) is 0 Å². The van der Waals surface area contributed by atoms with Gasteiger partial charge in [-0.2, -0.15) is 0 Å². The Kier molecular flexibility index (Phi) is 6.24. The van der Waals surface area contributed by atoms with E-state index < -0.39 is 0 Å². The number of carbonyl (C=O) groups excluding carboxylic acids is 1. The summed E-state index contributed by atoms with van der Waals surface area (Å²) in [6.45, 7) is 10.3. The van der Waals surface area contributed by atoms with E-state index in [0.717, 1.165) is 0 Å². The van der Waals surface area contributed by atoms with Crippen molar-refractivity contribution in [2.45, 2.75) is 33.3 Å². The Hall–Kier alpha value is -0.830. The molecule has 0 spiro atoms. The molecule has 1 unspecified atom stereocenters. The number of ether oxygens (including phenoxy) is 2. The third-order valence-corrected chi connectivity index (χ3v) is 1.55. The Morgan fingerprint density at radius 3 is 2.46 bits per heavy atom. The summed E-state index contributed by atoms with van der Waals surface area (Å²) in [6, 6.07) is 0. The Bertz CT molecular complexity index is 175. The van der Waals surface area contributed by atoms with Crippen molar-refractivity contribution in [2.75, 3.05) is 13.2 Å². The molecule has 0 radical (unpaired) electrons. The molecule has 0 bridgehead atoms. The third kappa shape index (κ3) is 5.42. The van der Waals surface area contributed by atoms with Gasteiger partial charge in [-0.05, 0) is 20.8 Å². The molecule has 0 amide bonds. The molecule has 0 fully saturated rings. The summed E-state index contributed by atoms with van der Waals surface area (Å²) < 4.78 is 10.1. The van der Waals surface area contributed by atoms with Crippen LogP contribution in [0.25, 0.3) is 0 Å². The molecule has 0 aromatic heterocycles. The van der Waals surface area contributed by atoms with Crippen molar-refractivity contribution >= 4 is 5.97 Å². The predicted molar refractivity (Wildman–Crippen MR) is 51.5 cm³/mol. The second-order valence-corrected chi connectivity index (χ2v) is 2.79. The number of carbonyl (C=O) groups is 1. The zero-order chi connectivity index (χ0) is 10.3. The summed E-state index contributed by atoms with van der Waals surface area (Å²) in [4.78, 5) is 11.1. The fourth-order valence-corrected chi connectivity index (χ4v) is 1.01. The molecule has 13 heavy (non-hydrogen) atoms. The van der Waals surface area contributed by atoms with E-state index in [1.165, 1.54) is 0 Å². The summed E-state index contributed by atoms with van der Waals surface area (Å²) in [7, 11) is 0. The van der Waals surface area contributed by atoms with Crippen LogP contribution in [-0.4, -0.2) is 25.3 Å². The van der Waals surface area contributed by atoms with Crippen LogP contribution in [0.5, 0.6) is 0 Å². The lowest BCUT2D eigenvalue weighted by atomic mass is 10.1.